The first-order valence-electron chi connectivity index (χ1n) is 15.7. The van der Waals surface area contributed by atoms with Crippen molar-refractivity contribution in [2.24, 2.45) is 0 Å². The van der Waals surface area contributed by atoms with Gasteiger partial charge in [-0.05, 0) is 34.9 Å². The predicted octanol–water partition coefficient (Wildman–Crippen LogP) is 7.24. The average molecular weight is 614 g/mol. The van der Waals surface area contributed by atoms with Crippen molar-refractivity contribution < 1.29 is 9.66 Å². The van der Waals surface area contributed by atoms with E-state index >= 15 is 0 Å². The molecule has 0 aromatic heterocycles. The van der Waals surface area contributed by atoms with Crippen LogP contribution in [0.2, 0.25) is 0 Å². The lowest BCUT2D eigenvalue weighted by Crippen LogP contribution is -2.47. The van der Waals surface area contributed by atoms with Crippen molar-refractivity contribution in [1.82, 2.24) is 4.90 Å². The molecule has 6 rings (SSSR count). The topological polar surface area (TPSA) is 82.9 Å². The Labute approximate surface area is 270 Å². The minimum atomic E-state index is -0.629. The van der Waals surface area contributed by atoms with Gasteiger partial charge in [0.25, 0.3) is 5.69 Å². The first-order valence-corrected chi connectivity index (χ1v) is 15.7. The minimum absolute atomic E-state index is 0.103. The predicted molar refractivity (Wildman–Crippen MR) is 186 cm³/mol. The minimum Gasteiger partial charge on any atom is -0.495 e. The molecule has 5 aromatic rings. The molecule has 5 aromatic carbocycles. The fraction of sp³-hybridized carbons (Fsp3) is 0.211. The highest BCUT2D eigenvalue weighted by Gasteiger charge is 2.36. The van der Waals surface area contributed by atoms with Crippen LogP contribution in [0.1, 0.15) is 16.7 Å². The maximum Gasteiger partial charge on any atom is 0.292 e. The summed E-state index contributed by atoms with van der Waals surface area (Å²) >= 11 is 0. The lowest BCUT2D eigenvalue weighted by atomic mass is 9.77. The molecule has 0 unspecified atom stereocenters. The SMILES string of the molecule is COc1cc(NC(c2ccccc2)(c2ccccc2)c2ccccc2)ccc1N1CCN(CCNc2ccccc2[N+](=O)[O-])CC1. The number of anilines is 3. The number of hydrogen-bond donors (Lipinski definition) is 2. The summed E-state index contributed by atoms with van der Waals surface area (Å²) in [6, 6.07) is 44.9. The molecule has 0 amide bonds. The van der Waals surface area contributed by atoms with Crippen LogP contribution in [0.5, 0.6) is 5.75 Å². The second-order valence-electron chi connectivity index (χ2n) is 11.4. The Morgan fingerprint density at radius 2 is 1.28 bits per heavy atom. The molecule has 234 valence electrons. The largest absolute Gasteiger partial charge is 0.495 e. The van der Waals surface area contributed by atoms with Crippen LogP contribution in [-0.2, 0) is 5.54 Å². The molecule has 1 aliphatic heterocycles. The third-order valence-electron chi connectivity index (χ3n) is 8.69. The molecule has 46 heavy (non-hydrogen) atoms. The number of nitrogens with zero attached hydrogens (tertiary/aromatic N) is 3. The second kappa shape index (κ2) is 14.2. The van der Waals surface area contributed by atoms with Crippen LogP contribution in [0.25, 0.3) is 0 Å². The Hall–Kier alpha value is -5.34. The summed E-state index contributed by atoms with van der Waals surface area (Å²) in [5.41, 5.74) is 5.48. The zero-order chi connectivity index (χ0) is 31.8. The molecule has 0 bridgehead atoms. The number of para-hydroxylation sites is 2. The Morgan fingerprint density at radius 3 is 1.83 bits per heavy atom. The number of ether oxygens (including phenoxy) is 1. The normalized spacial score (nSPS) is 13.6. The number of nitro benzene ring substituents is 1. The molecule has 1 saturated heterocycles. The molecule has 1 aliphatic rings. The molecule has 8 heteroatoms. The van der Waals surface area contributed by atoms with E-state index in [1.807, 2.05) is 24.3 Å². The summed E-state index contributed by atoms with van der Waals surface area (Å²) in [6.07, 6.45) is 0. The molecular weight excluding hydrogens is 574 g/mol. The van der Waals surface area contributed by atoms with Gasteiger partial charge in [0.2, 0.25) is 0 Å². The van der Waals surface area contributed by atoms with Gasteiger partial charge in [-0.2, -0.15) is 0 Å². The van der Waals surface area contributed by atoms with Crippen molar-refractivity contribution in [2.75, 3.05) is 61.9 Å². The monoisotopic (exact) mass is 613 g/mol. The summed E-state index contributed by atoms with van der Waals surface area (Å²) in [6.45, 7) is 4.94. The Morgan fingerprint density at radius 1 is 0.739 bits per heavy atom. The van der Waals surface area contributed by atoms with Gasteiger partial charge in [0.1, 0.15) is 17.0 Å². The van der Waals surface area contributed by atoms with Crippen molar-refractivity contribution in [1.29, 1.82) is 0 Å². The molecule has 2 N–H and O–H groups in total. The van der Waals surface area contributed by atoms with Crippen LogP contribution >= 0.6 is 0 Å². The van der Waals surface area contributed by atoms with Gasteiger partial charge in [0.15, 0.2) is 0 Å². The molecular formula is C38H39N5O3. The number of nitro groups is 1. The van der Waals surface area contributed by atoms with Crippen molar-refractivity contribution in [3.05, 3.63) is 160 Å². The maximum absolute atomic E-state index is 11.3. The third-order valence-corrected chi connectivity index (χ3v) is 8.69. The lowest BCUT2D eigenvalue weighted by molar-refractivity contribution is -0.384. The van der Waals surface area contributed by atoms with E-state index < -0.39 is 5.54 Å². The fourth-order valence-electron chi connectivity index (χ4n) is 6.36. The first kappa shape index (κ1) is 30.7. The zero-order valence-corrected chi connectivity index (χ0v) is 26.0. The van der Waals surface area contributed by atoms with Gasteiger partial charge < -0.3 is 20.3 Å². The van der Waals surface area contributed by atoms with Gasteiger partial charge >= 0.3 is 0 Å². The molecule has 0 spiro atoms. The van der Waals surface area contributed by atoms with Crippen LogP contribution < -0.4 is 20.3 Å². The van der Waals surface area contributed by atoms with Gasteiger partial charge in [0, 0.05) is 57.1 Å². The highest BCUT2D eigenvalue weighted by Crippen LogP contribution is 2.42. The Bertz CT molecular complexity index is 1630. The summed E-state index contributed by atoms with van der Waals surface area (Å²) in [7, 11) is 1.73. The molecule has 0 aliphatic carbocycles. The number of hydrogen-bond acceptors (Lipinski definition) is 7. The van der Waals surface area contributed by atoms with Gasteiger partial charge in [-0.1, -0.05) is 103 Å². The summed E-state index contributed by atoms with van der Waals surface area (Å²) in [4.78, 5) is 15.7. The van der Waals surface area contributed by atoms with Crippen LogP contribution in [-0.4, -0.2) is 56.2 Å². The number of rotatable bonds is 12. The van der Waals surface area contributed by atoms with Crippen molar-refractivity contribution in [3.8, 4) is 5.75 Å². The van der Waals surface area contributed by atoms with Crippen molar-refractivity contribution in [2.45, 2.75) is 5.54 Å². The number of nitrogens with one attached hydrogen (secondary N) is 2. The van der Waals surface area contributed by atoms with E-state index in [9.17, 15) is 10.1 Å². The summed E-state index contributed by atoms with van der Waals surface area (Å²) in [5.74, 6) is 0.819. The second-order valence-corrected chi connectivity index (χ2v) is 11.4. The van der Waals surface area contributed by atoms with E-state index in [4.69, 9.17) is 4.74 Å². The van der Waals surface area contributed by atoms with E-state index in [2.05, 4.69) is 111 Å². The molecule has 0 radical (unpaired) electrons. The van der Waals surface area contributed by atoms with E-state index in [1.165, 1.54) is 6.07 Å². The van der Waals surface area contributed by atoms with Crippen LogP contribution in [0.15, 0.2) is 133 Å². The van der Waals surface area contributed by atoms with E-state index in [1.54, 1.807) is 19.2 Å². The molecule has 0 atom stereocenters. The quantitative estimate of drug-likeness (QED) is 0.0872. The summed E-state index contributed by atoms with van der Waals surface area (Å²) in [5, 5.41) is 18.5. The van der Waals surface area contributed by atoms with Crippen molar-refractivity contribution >= 4 is 22.7 Å². The number of piperazine rings is 1. The van der Waals surface area contributed by atoms with E-state index in [0.717, 1.165) is 66.5 Å². The maximum atomic E-state index is 11.3. The molecule has 8 nitrogen and oxygen atoms in total. The van der Waals surface area contributed by atoms with Gasteiger partial charge in [-0.25, -0.2) is 0 Å². The van der Waals surface area contributed by atoms with Gasteiger partial charge in [-0.15, -0.1) is 0 Å². The average Bonchev–Trinajstić information content (AvgIpc) is 3.12. The first-order chi connectivity index (χ1) is 22.6. The Kier molecular flexibility index (Phi) is 9.45. The van der Waals surface area contributed by atoms with E-state index in [0.29, 0.717) is 12.2 Å². The van der Waals surface area contributed by atoms with Gasteiger partial charge in [-0.3, -0.25) is 15.0 Å². The molecule has 0 saturated carbocycles. The smallest absolute Gasteiger partial charge is 0.292 e. The molecule has 1 fully saturated rings. The number of benzene rings is 5. The number of methoxy groups -OCH3 is 1. The molecule has 1 heterocycles. The fourth-order valence-corrected chi connectivity index (χ4v) is 6.36. The Balaban J connectivity index is 1.19. The van der Waals surface area contributed by atoms with Crippen molar-refractivity contribution in [3.63, 3.8) is 0 Å². The van der Waals surface area contributed by atoms with Crippen LogP contribution in [0.4, 0.5) is 22.7 Å². The standard InChI is InChI=1S/C38H39N5O3/c1-46-37-29-33(40-38(30-13-5-2-6-14-30,31-15-7-3-8-16-31)32-17-9-4-10-18-32)21-22-36(37)42-27-25-41(26-28-42)24-23-39-34-19-11-12-20-35(34)43(44)45/h2-22,29,39-40H,23-28H2,1H3. The lowest BCUT2D eigenvalue weighted by Gasteiger charge is -2.39. The van der Waals surface area contributed by atoms with E-state index in [-0.39, 0.29) is 10.6 Å². The zero-order valence-electron chi connectivity index (χ0n) is 26.0. The highest BCUT2D eigenvalue weighted by molar-refractivity contribution is 5.68. The third kappa shape index (κ3) is 6.53. The summed E-state index contributed by atoms with van der Waals surface area (Å²) < 4.78 is 5.98. The highest BCUT2D eigenvalue weighted by atomic mass is 16.6. The van der Waals surface area contributed by atoms with Crippen LogP contribution in [0, 0.1) is 10.1 Å². The van der Waals surface area contributed by atoms with Gasteiger partial charge in [0.05, 0.1) is 17.7 Å². The van der Waals surface area contributed by atoms with Crippen LogP contribution in [0.3, 0.4) is 0 Å².